The molecule has 4 heteroatoms. The molecule has 0 aliphatic carbocycles. The van der Waals surface area contributed by atoms with E-state index in [-0.39, 0.29) is 6.04 Å². The standard InChI is InChI=1S/C10H20F2N2/c1-5-6-9(13-7(2)3)14-8(4)10(11)12/h7-8,10H,5-6H2,1-4H3,(H,13,14). The van der Waals surface area contributed by atoms with Crippen molar-refractivity contribution in [1.82, 2.24) is 5.32 Å². The highest BCUT2D eigenvalue weighted by Gasteiger charge is 2.14. The van der Waals surface area contributed by atoms with E-state index in [9.17, 15) is 8.78 Å². The van der Waals surface area contributed by atoms with Crippen LogP contribution < -0.4 is 5.32 Å². The van der Waals surface area contributed by atoms with Gasteiger partial charge in [-0.25, -0.2) is 8.78 Å². The van der Waals surface area contributed by atoms with Gasteiger partial charge in [-0.2, -0.15) is 0 Å². The number of amidine groups is 1. The van der Waals surface area contributed by atoms with Gasteiger partial charge in [0.1, 0.15) is 6.04 Å². The summed E-state index contributed by atoms with van der Waals surface area (Å²) in [5.41, 5.74) is 0. The molecule has 0 saturated carbocycles. The number of nitrogens with one attached hydrogen (secondary N) is 1. The number of aliphatic imine (C=N–C) groups is 1. The third-order valence-corrected chi connectivity index (χ3v) is 1.67. The molecule has 0 amide bonds. The van der Waals surface area contributed by atoms with Gasteiger partial charge >= 0.3 is 0 Å². The highest BCUT2D eigenvalue weighted by molar-refractivity contribution is 5.82. The number of halogens is 2. The van der Waals surface area contributed by atoms with Crippen molar-refractivity contribution in [2.75, 3.05) is 0 Å². The summed E-state index contributed by atoms with van der Waals surface area (Å²) < 4.78 is 24.5. The van der Waals surface area contributed by atoms with E-state index in [1.54, 1.807) is 0 Å². The predicted octanol–water partition coefficient (Wildman–Crippen LogP) is 2.84. The van der Waals surface area contributed by atoms with Crippen LogP contribution in [0.1, 0.15) is 40.5 Å². The van der Waals surface area contributed by atoms with E-state index in [1.165, 1.54) is 6.92 Å². The molecule has 0 aromatic heterocycles. The topological polar surface area (TPSA) is 24.4 Å². The number of hydrogen-bond acceptors (Lipinski definition) is 1. The zero-order valence-electron chi connectivity index (χ0n) is 9.35. The predicted molar refractivity (Wildman–Crippen MR) is 56.1 cm³/mol. The fourth-order valence-electron chi connectivity index (χ4n) is 1.05. The molecule has 0 aromatic carbocycles. The Hall–Kier alpha value is -0.670. The van der Waals surface area contributed by atoms with Gasteiger partial charge in [-0.1, -0.05) is 6.92 Å². The average molecular weight is 206 g/mol. The molecular formula is C10H20F2N2. The fraction of sp³-hybridized carbons (Fsp3) is 0.900. The molecule has 0 aromatic rings. The Morgan fingerprint density at radius 2 is 1.86 bits per heavy atom. The van der Waals surface area contributed by atoms with E-state index < -0.39 is 12.5 Å². The molecule has 0 bridgehead atoms. The second-order valence-corrected chi connectivity index (χ2v) is 3.70. The molecule has 84 valence electrons. The van der Waals surface area contributed by atoms with Crippen LogP contribution in [0.25, 0.3) is 0 Å². The van der Waals surface area contributed by atoms with Gasteiger partial charge in [-0.05, 0) is 27.2 Å². The molecule has 0 radical (unpaired) electrons. The number of nitrogens with zero attached hydrogens (tertiary/aromatic N) is 1. The molecule has 0 spiro atoms. The quantitative estimate of drug-likeness (QED) is 0.543. The molecule has 0 fully saturated rings. The number of alkyl halides is 2. The minimum atomic E-state index is -2.38. The van der Waals surface area contributed by atoms with E-state index >= 15 is 0 Å². The monoisotopic (exact) mass is 206 g/mol. The van der Waals surface area contributed by atoms with Crippen LogP contribution in [0.15, 0.2) is 4.99 Å². The van der Waals surface area contributed by atoms with Gasteiger partial charge in [-0.3, -0.25) is 4.99 Å². The van der Waals surface area contributed by atoms with Crippen LogP contribution in [0.3, 0.4) is 0 Å². The lowest BCUT2D eigenvalue weighted by molar-refractivity contribution is 0.124. The molecule has 0 aliphatic rings. The Morgan fingerprint density at radius 1 is 1.29 bits per heavy atom. The third-order valence-electron chi connectivity index (χ3n) is 1.67. The first-order valence-corrected chi connectivity index (χ1v) is 5.08. The summed E-state index contributed by atoms with van der Waals surface area (Å²) in [6, 6.07) is -0.673. The first-order valence-electron chi connectivity index (χ1n) is 5.08. The van der Waals surface area contributed by atoms with Crippen LogP contribution in [0.4, 0.5) is 8.78 Å². The number of hydrogen-bond donors (Lipinski definition) is 1. The lowest BCUT2D eigenvalue weighted by atomic mass is 10.2. The molecule has 1 atom stereocenters. The summed E-state index contributed by atoms with van der Waals surface area (Å²) >= 11 is 0. The van der Waals surface area contributed by atoms with Crippen molar-refractivity contribution in [2.24, 2.45) is 4.99 Å². The van der Waals surface area contributed by atoms with Gasteiger partial charge in [0.05, 0.1) is 5.84 Å². The first-order chi connectivity index (χ1) is 6.47. The third kappa shape index (κ3) is 5.89. The maximum atomic E-state index is 12.2. The Kier molecular flexibility index (Phi) is 6.41. The van der Waals surface area contributed by atoms with Gasteiger partial charge in [0, 0.05) is 12.5 Å². The Labute approximate surface area is 84.8 Å². The van der Waals surface area contributed by atoms with E-state index in [1.807, 2.05) is 20.8 Å². The van der Waals surface area contributed by atoms with E-state index in [0.717, 1.165) is 12.8 Å². The van der Waals surface area contributed by atoms with Gasteiger partial charge in [0.2, 0.25) is 0 Å². The highest BCUT2D eigenvalue weighted by atomic mass is 19.3. The number of rotatable bonds is 5. The van der Waals surface area contributed by atoms with Gasteiger partial charge < -0.3 is 5.32 Å². The maximum absolute atomic E-state index is 12.2. The van der Waals surface area contributed by atoms with Crippen LogP contribution in [-0.2, 0) is 0 Å². The van der Waals surface area contributed by atoms with Gasteiger partial charge in [0.15, 0.2) is 0 Å². The van der Waals surface area contributed by atoms with Gasteiger partial charge in [-0.15, -0.1) is 0 Å². The van der Waals surface area contributed by atoms with Gasteiger partial charge in [0.25, 0.3) is 6.43 Å². The minimum absolute atomic E-state index is 0.241. The lowest BCUT2D eigenvalue weighted by Crippen LogP contribution is -2.32. The SMILES string of the molecule is CCCC(=NC(C)C(F)F)NC(C)C. The Bertz CT molecular complexity index is 179. The van der Waals surface area contributed by atoms with Crippen molar-refractivity contribution in [3.63, 3.8) is 0 Å². The first kappa shape index (κ1) is 13.3. The van der Waals surface area contributed by atoms with Crippen LogP contribution in [0, 0.1) is 0 Å². The summed E-state index contributed by atoms with van der Waals surface area (Å²) in [6.45, 7) is 7.38. The molecule has 0 aliphatic heterocycles. The zero-order valence-corrected chi connectivity index (χ0v) is 9.35. The summed E-state index contributed by atoms with van der Waals surface area (Å²) in [5.74, 6) is 0.690. The maximum Gasteiger partial charge on any atom is 0.260 e. The summed E-state index contributed by atoms with van der Waals surface area (Å²) in [7, 11) is 0. The molecule has 14 heavy (non-hydrogen) atoms. The Morgan fingerprint density at radius 3 is 2.21 bits per heavy atom. The molecule has 0 saturated heterocycles. The fourth-order valence-corrected chi connectivity index (χ4v) is 1.05. The lowest BCUT2D eigenvalue weighted by Gasteiger charge is -2.14. The van der Waals surface area contributed by atoms with Crippen molar-refractivity contribution < 1.29 is 8.78 Å². The molecule has 0 rings (SSSR count). The molecule has 0 heterocycles. The van der Waals surface area contributed by atoms with Crippen molar-refractivity contribution in [3.8, 4) is 0 Å². The second-order valence-electron chi connectivity index (χ2n) is 3.70. The van der Waals surface area contributed by atoms with Crippen molar-refractivity contribution in [3.05, 3.63) is 0 Å². The molecule has 2 nitrogen and oxygen atoms in total. The van der Waals surface area contributed by atoms with Crippen molar-refractivity contribution in [1.29, 1.82) is 0 Å². The van der Waals surface area contributed by atoms with Crippen LogP contribution in [0.2, 0.25) is 0 Å². The highest BCUT2D eigenvalue weighted by Crippen LogP contribution is 2.05. The molecule has 1 N–H and O–H groups in total. The van der Waals surface area contributed by atoms with Crippen molar-refractivity contribution in [2.45, 2.75) is 59.0 Å². The summed E-state index contributed by atoms with van der Waals surface area (Å²) in [4.78, 5) is 3.96. The van der Waals surface area contributed by atoms with Crippen LogP contribution >= 0.6 is 0 Å². The molecular weight excluding hydrogens is 186 g/mol. The van der Waals surface area contributed by atoms with E-state index in [4.69, 9.17) is 0 Å². The molecule has 1 unspecified atom stereocenters. The largest absolute Gasteiger partial charge is 0.372 e. The normalized spacial score (nSPS) is 15.0. The van der Waals surface area contributed by atoms with E-state index in [0.29, 0.717) is 5.84 Å². The van der Waals surface area contributed by atoms with Crippen LogP contribution in [-0.4, -0.2) is 24.3 Å². The summed E-state index contributed by atoms with van der Waals surface area (Å²) in [5, 5.41) is 3.08. The second kappa shape index (κ2) is 6.74. The zero-order chi connectivity index (χ0) is 11.1. The smallest absolute Gasteiger partial charge is 0.260 e. The van der Waals surface area contributed by atoms with Crippen LogP contribution in [0.5, 0.6) is 0 Å². The summed E-state index contributed by atoms with van der Waals surface area (Å²) in [6.07, 6.45) is -0.736. The van der Waals surface area contributed by atoms with Crippen molar-refractivity contribution >= 4 is 5.84 Å². The Balaban J connectivity index is 4.30. The minimum Gasteiger partial charge on any atom is -0.372 e. The average Bonchev–Trinajstić information content (AvgIpc) is 2.02. The van der Waals surface area contributed by atoms with E-state index in [2.05, 4.69) is 10.3 Å².